The van der Waals surface area contributed by atoms with E-state index in [4.69, 9.17) is 52.6 Å². The quantitative estimate of drug-likeness (QED) is 0.135. The molecule has 6 aromatic heterocycles. The summed E-state index contributed by atoms with van der Waals surface area (Å²) in [5, 5.41) is 18.6. The lowest BCUT2D eigenvalue weighted by atomic mass is 9.95. The summed E-state index contributed by atoms with van der Waals surface area (Å²) in [4.78, 5) is 80.1. The van der Waals surface area contributed by atoms with Gasteiger partial charge in [-0.2, -0.15) is 20.2 Å². The average Bonchev–Trinajstić information content (AvgIpc) is 1.37. The van der Waals surface area contributed by atoms with E-state index in [1.807, 2.05) is 76.2 Å². The number of anilines is 2. The molecule has 88 heavy (non-hydrogen) atoms. The summed E-state index contributed by atoms with van der Waals surface area (Å²) in [6, 6.07) is 15.3. The predicted octanol–water partition coefficient (Wildman–Crippen LogP) is 10.6. The number of carbonyl (C=O) groups is 2. The van der Waals surface area contributed by atoms with Crippen LogP contribution >= 0.6 is 23.2 Å². The molecule has 2 amide bonds. The molecule has 10 heterocycles. The van der Waals surface area contributed by atoms with Crippen molar-refractivity contribution in [2.24, 2.45) is 0 Å². The molecule has 10 aromatic rings. The lowest BCUT2D eigenvalue weighted by molar-refractivity contribution is -0.127. The number of ether oxygens (including phenoxy) is 2. The van der Waals surface area contributed by atoms with Gasteiger partial charge < -0.3 is 29.1 Å². The van der Waals surface area contributed by atoms with Gasteiger partial charge in [0.2, 0.25) is 11.8 Å². The van der Waals surface area contributed by atoms with Gasteiger partial charge in [0, 0.05) is 73.6 Å². The predicted molar refractivity (Wildman–Crippen MR) is 344 cm³/mol. The van der Waals surface area contributed by atoms with Crippen LogP contribution in [0.3, 0.4) is 0 Å². The van der Waals surface area contributed by atoms with Crippen LogP contribution in [0.25, 0.3) is 77.2 Å². The number of carbonyl (C=O) groups excluding carboxylic acids is 2. The maximum absolute atomic E-state index is 14.3. The van der Waals surface area contributed by atoms with Crippen LogP contribution in [-0.2, 0) is 9.59 Å². The normalized spacial score (nSPS) is 16.3. The van der Waals surface area contributed by atoms with Gasteiger partial charge in [0.1, 0.15) is 24.8 Å². The molecule has 0 bridgehead atoms. The van der Waals surface area contributed by atoms with Crippen molar-refractivity contribution in [1.82, 2.24) is 59.3 Å². The molecular formula is C66H64Cl2N14O6. The maximum Gasteiger partial charge on any atom is 0.354 e. The smallest absolute Gasteiger partial charge is 0.354 e. The van der Waals surface area contributed by atoms with Crippen LogP contribution in [0.5, 0.6) is 11.5 Å². The van der Waals surface area contributed by atoms with Gasteiger partial charge in [0.05, 0.1) is 90.1 Å². The van der Waals surface area contributed by atoms with Crippen LogP contribution in [0, 0.1) is 27.7 Å². The van der Waals surface area contributed by atoms with Crippen molar-refractivity contribution in [3.05, 3.63) is 163 Å². The van der Waals surface area contributed by atoms with E-state index >= 15 is 0 Å². The molecule has 2 fully saturated rings. The monoisotopic (exact) mass is 1220 g/mol. The number of nitrogens with zero attached hydrogens (tertiary/aromatic N) is 12. The highest BCUT2D eigenvalue weighted by molar-refractivity contribution is 6.38. The third-order valence-corrected chi connectivity index (χ3v) is 18.2. The standard InChI is InChI=1S/2C33H32ClN7O3/c2*1-6-25(42)39-11-12-40-20(15-39)16-44-31-27-24(13-21(28(31)34)26-18(4)7-8-23-22(26)14-36-38-23)41(33(43)37-32(27)40)30-19(5)9-10-35-29(30)17(2)3/h2*6-10,13-14,17,20H,1,11-12,15-16H2,2-5H3,(H,36,38)/t2*20-/m11/s1. The van der Waals surface area contributed by atoms with Gasteiger partial charge in [-0.3, -0.25) is 38.9 Å². The Morgan fingerprint density at radius 1 is 0.602 bits per heavy atom. The summed E-state index contributed by atoms with van der Waals surface area (Å²) < 4.78 is 16.5. The van der Waals surface area contributed by atoms with Crippen molar-refractivity contribution in [3.8, 4) is 45.1 Å². The van der Waals surface area contributed by atoms with E-state index in [2.05, 4.69) is 71.0 Å². The highest BCUT2D eigenvalue weighted by Gasteiger charge is 2.39. The molecule has 0 saturated carbocycles. The summed E-state index contributed by atoms with van der Waals surface area (Å²) in [6.07, 6.45) is 9.76. The molecule has 20 nitrogen and oxygen atoms in total. The molecule has 2 atom stereocenters. The first-order chi connectivity index (χ1) is 42.4. The second-order valence-electron chi connectivity index (χ2n) is 23.5. The molecule has 0 spiro atoms. The fourth-order valence-electron chi connectivity index (χ4n) is 13.2. The number of piperazine rings is 2. The lowest BCUT2D eigenvalue weighted by Crippen LogP contribution is -2.56. The number of aromatic nitrogens is 10. The highest BCUT2D eigenvalue weighted by atomic mass is 35.5. The van der Waals surface area contributed by atoms with Gasteiger partial charge in [-0.15, -0.1) is 0 Å². The van der Waals surface area contributed by atoms with Crippen LogP contribution in [0.15, 0.2) is 108 Å². The number of benzene rings is 4. The number of halogens is 2. The number of hydrogen-bond acceptors (Lipinski definition) is 14. The number of fused-ring (bicyclic) bond motifs is 6. The van der Waals surface area contributed by atoms with Crippen LogP contribution in [0.2, 0.25) is 10.0 Å². The van der Waals surface area contributed by atoms with Gasteiger partial charge >= 0.3 is 11.4 Å². The van der Waals surface area contributed by atoms with Gasteiger partial charge in [0.25, 0.3) is 0 Å². The number of amides is 2. The van der Waals surface area contributed by atoms with Crippen molar-refractivity contribution in [2.45, 2.75) is 79.3 Å². The molecule has 0 aliphatic carbocycles. The molecule has 4 aromatic carbocycles. The molecular weight excluding hydrogens is 1160 g/mol. The second-order valence-corrected chi connectivity index (χ2v) is 24.3. The van der Waals surface area contributed by atoms with Crippen molar-refractivity contribution in [2.75, 3.05) is 62.3 Å². The largest absolute Gasteiger partial charge is 0.489 e. The lowest BCUT2D eigenvalue weighted by Gasteiger charge is -2.40. The van der Waals surface area contributed by atoms with Crippen LogP contribution in [-0.4, -0.2) is 136 Å². The fraction of sp³-hybridized carbons (Fsp3) is 0.303. The third-order valence-electron chi connectivity index (χ3n) is 17.5. The molecule has 0 radical (unpaired) electrons. The number of pyridine rings is 2. The zero-order chi connectivity index (χ0) is 61.7. The summed E-state index contributed by atoms with van der Waals surface area (Å²) in [5.74, 6) is 1.73. The Labute approximate surface area is 516 Å². The van der Waals surface area contributed by atoms with E-state index in [0.717, 1.165) is 77.7 Å². The Morgan fingerprint density at radius 3 is 1.40 bits per heavy atom. The first kappa shape index (κ1) is 57.7. The van der Waals surface area contributed by atoms with Gasteiger partial charge in [0.15, 0.2) is 11.5 Å². The average molecular weight is 1220 g/mol. The highest BCUT2D eigenvalue weighted by Crippen LogP contribution is 2.51. The van der Waals surface area contributed by atoms with Crippen molar-refractivity contribution >= 4 is 90.3 Å². The molecule has 448 valence electrons. The molecule has 4 aliphatic rings. The number of aromatic amines is 2. The van der Waals surface area contributed by atoms with Crippen LogP contribution < -0.4 is 30.7 Å². The molecule has 2 saturated heterocycles. The first-order valence-electron chi connectivity index (χ1n) is 29.4. The SMILES string of the molecule is C=CC(=O)N1CCN2c3nc(=O)n(-c4c(C)ccnc4C(C)C)c4cc(-c5c(C)ccc6[nH]ncc56)c(Cl)c(c34)OC[C@H]2C1.C=CC(=O)N1CCN2c3nc(=O)n(-c4c(C)ccnc4C(C)C)c4cc(-c5c(C)ccc6[nH]ncc56)c(Cl)c(c34)OC[C@H]2C1. The number of nitrogens with one attached hydrogen (secondary N) is 2. The van der Waals surface area contributed by atoms with E-state index in [1.54, 1.807) is 43.7 Å². The molecule has 4 aliphatic heterocycles. The Morgan fingerprint density at radius 2 is 1.01 bits per heavy atom. The molecule has 14 rings (SSSR count). The van der Waals surface area contributed by atoms with E-state index < -0.39 is 11.4 Å². The number of rotatable bonds is 8. The third kappa shape index (κ3) is 9.33. The zero-order valence-corrected chi connectivity index (χ0v) is 51.5. The second kappa shape index (κ2) is 22.4. The van der Waals surface area contributed by atoms with Crippen LogP contribution in [0.4, 0.5) is 11.6 Å². The minimum atomic E-state index is -0.423. The molecule has 2 N–H and O–H groups in total. The molecule has 0 unspecified atom stereocenters. The van der Waals surface area contributed by atoms with E-state index in [-0.39, 0.29) is 48.9 Å². The Balaban J connectivity index is 0.000000162. The summed E-state index contributed by atoms with van der Waals surface area (Å²) in [7, 11) is 0. The van der Waals surface area contributed by atoms with Crippen LogP contribution in [0.1, 0.15) is 73.2 Å². The minimum absolute atomic E-state index is 0.0477. The summed E-state index contributed by atoms with van der Waals surface area (Å²) in [6.45, 7) is 26.8. The summed E-state index contributed by atoms with van der Waals surface area (Å²) >= 11 is 14.6. The summed E-state index contributed by atoms with van der Waals surface area (Å²) in [5.41, 5.74) is 12.2. The maximum atomic E-state index is 14.3. The Bertz CT molecular complexity index is 4420. The fourth-order valence-corrected chi connectivity index (χ4v) is 13.8. The first-order valence-corrected chi connectivity index (χ1v) is 30.1. The zero-order valence-electron chi connectivity index (χ0n) is 50.0. The van der Waals surface area contributed by atoms with E-state index in [0.29, 0.717) is 106 Å². The number of H-pyrrole nitrogens is 2. The van der Waals surface area contributed by atoms with Crippen molar-refractivity contribution in [1.29, 1.82) is 0 Å². The Kier molecular flexibility index (Phi) is 14.7. The molecule has 22 heteroatoms. The number of hydrogen-bond donors (Lipinski definition) is 2. The topological polar surface area (TPSA) is 218 Å². The van der Waals surface area contributed by atoms with Gasteiger partial charge in [-0.25, -0.2) is 9.59 Å². The van der Waals surface area contributed by atoms with Gasteiger partial charge in [-0.1, -0.05) is 76.2 Å². The van der Waals surface area contributed by atoms with E-state index in [1.165, 1.54) is 12.2 Å². The minimum Gasteiger partial charge on any atom is -0.489 e. The van der Waals surface area contributed by atoms with E-state index in [9.17, 15) is 19.2 Å². The van der Waals surface area contributed by atoms with Gasteiger partial charge in [-0.05, 0) is 121 Å². The van der Waals surface area contributed by atoms with Crippen molar-refractivity contribution in [3.63, 3.8) is 0 Å². The Hall–Kier alpha value is -9.40. The van der Waals surface area contributed by atoms with Crippen molar-refractivity contribution < 1.29 is 19.1 Å². The number of aryl methyl sites for hydroxylation is 4.